The van der Waals surface area contributed by atoms with Crippen molar-refractivity contribution in [1.29, 1.82) is 0 Å². The molecular formula is C30H38F2N6O. The van der Waals surface area contributed by atoms with E-state index in [9.17, 15) is 4.39 Å². The highest BCUT2D eigenvalue weighted by atomic mass is 19.1. The third kappa shape index (κ3) is 5.55. The monoisotopic (exact) mass is 536 g/mol. The molecule has 0 spiro atoms. The first-order valence-electron chi connectivity index (χ1n) is 13.6. The fourth-order valence-electron chi connectivity index (χ4n) is 5.56. The Morgan fingerprint density at radius 2 is 1.82 bits per heavy atom. The van der Waals surface area contributed by atoms with Gasteiger partial charge in [0.25, 0.3) is 0 Å². The molecule has 0 aliphatic carbocycles. The Morgan fingerprint density at radius 3 is 2.49 bits per heavy atom. The third-order valence-electron chi connectivity index (χ3n) is 7.99. The number of benzene rings is 1. The molecule has 4 heterocycles. The van der Waals surface area contributed by atoms with Crippen LogP contribution in [0.1, 0.15) is 65.9 Å². The van der Waals surface area contributed by atoms with Crippen LogP contribution in [0.15, 0.2) is 36.7 Å². The summed E-state index contributed by atoms with van der Waals surface area (Å²) in [6, 6.07) is 7.07. The molecule has 1 atom stereocenters. The van der Waals surface area contributed by atoms with Gasteiger partial charge in [0.15, 0.2) is 17.4 Å². The molecule has 3 aromatic rings. The maximum absolute atomic E-state index is 15.3. The first-order chi connectivity index (χ1) is 18.3. The molecule has 208 valence electrons. The summed E-state index contributed by atoms with van der Waals surface area (Å²) in [7, 11) is 2.17. The Morgan fingerprint density at radius 1 is 1.05 bits per heavy atom. The summed E-state index contributed by atoms with van der Waals surface area (Å²) < 4.78 is 36.2. The maximum atomic E-state index is 15.3. The average molecular weight is 537 g/mol. The molecule has 2 aromatic heterocycles. The molecule has 0 bridgehead atoms. The highest BCUT2D eigenvalue weighted by Gasteiger charge is 2.36. The number of rotatable bonds is 5. The zero-order valence-electron chi connectivity index (χ0n) is 23.8. The summed E-state index contributed by atoms with van der Waals surface area (Å²) in [6.45, 7) is 14.1. The Bertz CT molecular complexity index is 1360. The smallest absolute Gasteiger partial charge is 0.229 e. The molecule has 1 saturated heterocycles. The number of halogens is 2. The molecule has 1 unspecified atom stereocenters. The first-order valence-corrected chi connectivity index (χ1v) is 13.6. The average Bonchev–Trinajstić information content (AvgIpc) is 2.87. The van der Waals surface area contributed by atoms with E-state index in [0.717, 1.165) is 25.6 Å². The number of anilines is 3. The van der Waals surface area contributed by atoms with Gasteiger partial charge in [-0.25, -0.2) is 23.7 Å². The summed E-state index contributed by atoms with van der Waals surface area (Å²) in [5.41, 5.74) is 1.70. The lowest BCUT2D eigenvalue weighted by Gasteiger charge is -2.43. The van der Waals surface area contributed by atoms with Gasteiger partial charge in [0.2, 0.25) is 5.95 Å². The standard InChI is InChI=1S/C30H38F2N6O/c1-18(2)38-17-30(5,6)39-27-22(31)12-21(13-24(27)38)26-23(32)16-34-28(36-26)35-25-9-8-20(15-33-25)19-10-11-37(7)29(3,4)14-19/h8-9,12-13,15-16,18-19H,10-11,14,17H2,1-7H3,(H,33,34,35,36). The predicted octanol–water partition coefficient (Wildman–Crippen LogP) is 6.53. The fourth-order valence-corrected chi connectivity index (χ4v) is 5.56. The van der Waals surface area contributed by atoms with Gasteiger partial charge in [0.1, 0.15) is 17.1 Å². The van der Waals surface area contributed by atoms with Crippen LogP contribution in [0, 0.1) is 11.6 Å². The van der Waals surface area contributed by atoms with E-state index >= 15 is 4.39 Å². The molecule has 1 aromatic carbocycles. The Labute approximate surface area is 229 Å². The fraction of sp³-hybridized carbons (Fsp3) is 0.500. The third-order valence-corrected chi connectivity index (χ3v) is 7.99. The molecule has 0 radical (unpaired) electrons. The van der Waals surface area contributed by atoms with E-state index in [0.29, 0.717) is 29.5 Å². The summed E-state index contributed by atoms with van der Waals surface area (Å²) in [5.74, 6) is 0.174. The van der Waals surface area contributed by atoms with Crippen LogP contribution in [0.4, 0.5) is 26.2 Å². The van der Waals surface area contributed by atoms with Gasteiger partial charge < -0.3 is 19.9 Å². The van der Waals surface area contributed by atoms with E-state index in [2.05, 4.69) is 57.0 Å². The van der Waals surface area contributed by atoms with Crippen LogP contribution in [0.3, 0.4) is 0 Å². The number of nitrogens with zero attached hydrogens (tertiary/aromatic N) is 5. The van der Waals surface area contributed by atoms with Crippen molar-refractivity contribution in [3.8, 4) is 17.0 Å². The van der Waals surface area contributed by atoms with Crippen LogP contribution in [-0.2, 0) is 0 Å². The van der Waals surface area contributed by atoms with Crippen molar-refractivity contribution in [2.24, 2.45) is 0 Å². The molecule has 2 aliphatic rings. The number of nitrogens with one attached hydrogen (secondary N) is 1. The molecule has 7 nitrogen and oxygen atoms in total. The minimum Gasteiger partial charge on any atom is -0.481 e. The molecule has 1 N–H and O–H groups in total. The number of aromatic nitrogens is 3. The van der Waals surface area contributed by atoms with Crippen LogP contribution < -0.4 is 15.0 Å². The first kappa shape index (κ1) is 27.2. The number of likely N-dealkylation sites (tertiary alicyclic amines) is 1. The Balaban J connectivity index is 1.40. The maximum Gasteiger partial charge on any atom is 0.229 e. The highest BCUT2D eigenvalue weighted by molar-refractivity contribution is 5.73. The highest BCUT2D eigenvalue weighted by Crippen LogP contribution is 2.43. The van der Waals surface area contributed by atoms with Crippen molar-refractivity contribution in [2.45, 2.75) is 77.5 Å². The number of pyridine rings is 1. The molecule has 0 saturated carbocycles. The van der Waals surface area contributed by atoms with Crippen LogP contribution in [0.5, 0.6) is 5.75 Å². The van der Waals surface area contributed by atoms with Gasteiger partial charge in [-0.3, -0.25) is 0 Å². The molecule has 0 amide bonds. The van der Waals surface area contributed by atoms with Crippen molar-refractivity contribution in [3.63, 3.8) is 0 Å². The van der Waals surface area contributed by atoms with E-state index in [1.807, 2.05) is 40.0 Å². The number of hydrogen-bond acceptors (Lipinski definition) is 7. The quantitative estimate of drug-likeness (QED) is 0.397. The lowest BCUT2D eigenvalue weighted by atomic mass is 9.80. The number of ether oxygens (including phenoxy) is 1. The summed E-state index contributed by atoms with van der Waals surface area (Å²) in [5, 5.41) is 3.07. The molecular weight excluding hydrogens is 498 g/mol. The second-order valence-electron chi connectivity index (χ2n) is 12.3. The topological polar surface area (TPSA) is 66.4 Å². The second-order valence-corrected chi connectivity index (χ2v) is 12.3. The van der Waals surface area contributed by atoms with Crippen molar-refractivity contribution in [3.05, 3.63) is 53.9 Å². The molecule has 2 aliphatic heterocycles. The summed E-state index contributed by atoms with van der Waals surface area (Å²) in [4.78, 5) is 17.5. The van der Waals surface area contributed by atoms with Crippen molar-refractivity contribution in [2.75, 3.05) is 30.4 Å². The van der Waals surface area contributed by atoms with E-state index in [1.54, 1.807) is 6.07 Å². The zero-order chi connectivity index (χ0) is 28.1. The van der Waals surface area contributed by atoms with Gasteiger partial charge in [-0.15, -0.1) is 0 Å². The van der Waals surface area contributed by atoms with Gasteiger partial charge in [-0.2, -0.15) is 0 Å². The largest absolute Gasteiger partial charge is 0.481 e. The minimum absolute atomic E-state index is 0.00733. The lowest BCUT2D eigenvalue weighted by Crippen LogP contribution is -2.49. The molecule has 1 fully saturated rings. The predicted molar refractivity (Wildman–Crippen MR) is 151 cm³/mol. The zero-order valence-corrected chi connectivity index (χ0v) is 23.8. The summed E-state index contributed by atoms with van der Waals surface area (Å²) >= 11 is 0. The van der Waals surface area contributed by atoms with Gasteiger partial charge in [0, 0.05) is 23.3 Å². The molecule has 9 heteroatoms. The lowest BCUT2D eigenvalue weighted by molar-refractivity contribution is 0.0941. The normalized spacial score (nSPS) is 20.5. The van der Waals surface area contributed by atoms with Crippen LogP contribution >= 0.6 is 0 Å². The molecule has 5 rings (SSSR count). The van der Waals surface area contributed by atoms with E-state index < -0.39 is 17.2 Å². The van der Waals surface area contributed by atoms with Gasteiger partial charge in [-0.1, -0.05) is 6.07 Å². The minimum atomic E-state index is -0.638. The second kappa shape index (κ2) is 10.0. The SMILES string of the molecule is CC(C)N1CC(C)(C)Oc2c(F)cc(-c3nc(Nc4ccc(C5CCN(C)C(C)(C)C5)cn4)ncc3F)cc21. The van der Waals surface area contributed by atoms with E-state index in [1.165, 1.54) is 11.6 Å². The van der Waals surface area contributed by atoms with Crippen LogP contribution in [0.25, 0.3) is 11.3 Å². The van der Waals surface area contributed by atoms with E-state index in [-0.39, 0.29) is 29.0 Å². The van der Waals surface area contributed by atoms with Crippen LogP contribution in [-0.4, -0.2) is 57.2 Å². The number of piperidine rings is 1. The Hall–Kier alpha value is -3.33. The summed E-state index contributed by atoms with van der Waals surface area (Å²) in [6.07, 6.45) is 5.14. The van der Waals surface area contributed by atoms with Crippen LogP contribution in [0.2, 0.25) is 0 Å². The van der Waals surface area contributed by atoms with Gasteiger partial charge in [0.05, 0.1) is 18.4 Å². The van der Waals surface area contributed by atoms with E-state index in [4.69, 9.17) is 4.74 Å². The van der Waals surface area contributed by atoms with Crippen molar-refractivity contribution < 1.29 is 13.5 Å². The van der Waals surface area contributed by atoms with Crippen molar-refractivity contribution >= 4 is 17.5 Å². The Kier molecular flexibility index (Phi) is 6.99. The van der Waals surface area contributed by atoms with Gasteiger partial charge in [-0.05, 0) is 97.7 Å². The molecule has 39 heavy (non-hydrogen) atoms. The number of fused-ring (bicyclic) bond motifs is 1. The van der Waals surface area contributed by atoms with Gasteiger partial charge >= 0.3 is 0 Å². The van der Waals surface area contributed by atoms with Crippen molar-refractivity contribution in [1.82, 2.24) is 19.9 Å². The number of hydrogen-bond donors (Lipinski definition) is 1.